The van der Waals surface area contributed by atoms with Gasteiger partial charge in [0, 0.05) is 12.8 Å². The number of pyridine rings is 1. The second-order valence-electron chi connectivity index (χ2n) is 4.46. The van der Waals surface area contributed by atoms with Crippen LogP contribution in [0.4, 0.5) is 13.2 Å². The van der Waals surface area contributed by atoms with Gasteiger partial charge in [-0.2, -0.15) is 13.2 Å². The molecule has 1 aliphatic carbocycles. The Morgan fingerprint density at radius 1 is 1.19 bits per heavy atom. The minimum absolute atomic E-state index is 0.0967. The van der Waals surface area contributed by atoms with Crippen LogP contribution in [0.5, 0.6) is 0 Å². The third kappa shape index (κ3) is 3.07. The van der Waals surface area contributed by atoms with Crippen LogP contribution in [0.15, 0.2) is 17.7 Å². The minimum Gasteiger partial charge on any atom is -0.505 e. The normalized spacial score (nSPS) is 16.3. The molecule has 0 saturated heterocycles. The first-order chi connectivity index (χ1) is 9.71. The van der Waals surface area contributed by atoms with Gasteiger partial charge in [0.2, 0.25) is 0 Å². The number of aliphatic hydroxyl groups is 1. The number of aliphatic hydroxyl groups excluding tert-OH is 1. The Hall–Kier alpha value is -1.89. The number of hydrogen-bond donors (Lipinski definition) is 1. The maximum absolute atomic E-state index is 12.6. The van der Waals surface area contributed by atoms with E-state index in [0.29, 0.717) is 12.5 Å². The lowest BCUT2D eigenvalue weighted by Crippen LogP contribution is -2.20. The summed E-state index contributed by atoms with van der Waals surface area (Å²) in [6.45, 7) is 0. The second kappa shape index (κ2) is 5.48. The highest BCUT2D eigenvalue weighted by Gasteiger charge is 2.35. The molecular weight excluding hydrogens is 311 g/mol. The molecule has 0 unspecified atom stereocenters. The van der Waals surface area contributed by atoms with E-state index in [4.69, 9.17) is 11.6 Å². The van der Waals surface area contributed by atoms with Crippen molar-refractivity contribution in [2.24, 2.45) is 0 Å². The van der Waals surface area contributed by atoms with Gasteiger partial charge in [-0.3, -0.25) is 9.59 Å². The van der Waals surface area contributed by atoms with Gasteiger partial charge in [0.05, 0.1) is 5.56 Å². The molecule has 112 valence electrons. The molecule has 0 radical (unpaired) electrons. The zero-order valence-corrected chi connectivity index (χ0v) is 11.3. The van der Waals surface area contributed by atoms with Gasteiger partial charge in [-0.1, -0.05) is 11.6 Å². The summed E-state index contributed by atoms with van der Waals surface area (Å²) in [5, 5.41) is 9.08. The van der Waals surface area contributed by atoms with Crippen LogP contribution in [0.1, 0.15) is 30.5 Å². The standard InChI is InChI=1S/C13H9ClF3NO3/c14-12-6(13(15,16)17)4-5-7(18-12)11(21)10-8(19)2-1-3-9(10)20/h4-5,21H,1-3H2. The van der Waals surface area contributed by atoms with Crippen LogP contribution in [0.25, 0.3) is 5.76 Å². The Bertz CT molecular complexity index is 635. The summed E-state index contributed by atoms with van der Waals surface area (Å²) in [6, 6.07) is 1.51. The molecule has 1 aromatic rings. The number of ketones is 2. The molecule has 4 nitrogen and oxygen atoms in total. The van der Waals surface area contributed by atoms with Crippen molar-refractivity contribution in [1.82, 2.24) is 4.98 Å². The number of aromatic nitrogens is 1. The Kier molecular flexibility index (Phi) is 4.04. The van der Waals surface area contributed by atoms with Crippen LogP contribution in [-0.2, 0) is 15.8 Å². The van der Waals surface area contributed by atoms with Crippen molar-refractivity contribution in [2.75, 3.05) is 0 Å². The molecule has 1 aromatic heterocycles. The van der Waals surface area contributed by atoms with Crippen molar-refractivity contribution in [1.29, 1.82) is 0 Å². The molecule has 21 heavy (non-hydrogen) atoms. The summed E-state index contributed by atoms with van der Waals surface area (Å²) in [7, 11) is 0. The Labute approximate surface area is 122 Å². The fourth-order valence-electron chi connectivity index (χ4n) is 1.98. The highest BCUT2D eigenvalue weighted by molar-refractivity contribution is 6.30. The molecule has 0 atom stereocenters. The average Bonchev–Trinajstić information content (AvgIpc) is 2.36. The fourth-order valence-corrected chi connectivity index (χ4v) is 2.25. The number of halogens is 4. The van der Waals surface area contributed by atoms with E-state index in [1.165, 1.54) is 0 Å². The molecule has 0 aliphatic heterocycles. The van der Waals surface area contributed by atoms with Crippen LogP contribution in [0.3, 0.4) is 0 Å². The zero-order valence-electron chi connectivity index (χ0n) is 10.5. The van der Waals surface area contributed by atoms with E-state index < -0.39 is 39.8 Å². The molecule has 1 heterocycles. The average molecular weight is 320 g/mol. The summed E-state index contributed by atoms with van der Waals surface area (Å²) in [4.78, 5) is 26.7. The summed E-state index contributed by atoms with van der Waals surface area (Å²) < 4.78 is 37.7. The van der Waals surface area contributed by atoms with E-state index in [-0.39, 0.29) is 18.5 Å². The summed E-state index contributed by atoms with van der Waals surface area (Å²) in [5.74, 6) is -1.84. The number of Topliss-reactive ketones (excluding diaryl/α,β-unsaturated/α-hetero) is 2. The Morgan fingerprint density at radius 3 is 2.24 bits per heavy atom. The van der Waals surface area contributed by atoms with Crippen LogP contribution in [0, 0.1) is 0 Å². The van der Waals surface area contributed by atoms with Crippen LogP contribution in [-0.4, -0.2) is 21.7 Å². The van der Waals surface area contributed by atoms with Crippen molar-refractivity contribution >= 4 is 28.9 Å². The van der Waals surface area contributed by atoms with Gasteiger partial charge < -0.3 is 5.11 Å². The van der Waals surface area contributed by atoms with Crippen molar-refractivity contribution < 1.29 is 27.9 Å². The van der Waals surface area contributed by atoms with Crippen molar-refractivity contribution in [3.63, 3.8) is 0 Å². The largest absolute Gasteiger partial charge is 0.505 e. The van der Waals surface area contributed by atoms with Gasteiger partial charge in [-0.25, -0.2) is 4.98 Å². The molecule has 1 fully saturated rings. The summed E-state index contributed by atoms with van der Waals surface area (Å²) >= 11 is 5.44. The van der Waals surface area contributed by atoms with Gasteiger partial charge in [-0.05, 0) is 18.6 Å². The molecule has 8 heteroatoms. The number of rotatable bonds is 1. The number of carbonyl (C=O) groups is 2. The molecule has 2 rings (SSSR count). The van der Waals surface area contributed by atoms with Crippen molar-refractivity contribution in [3.8, 4) is 0 Å². The predicted molar refractivity (Wildman–Crippen MR) is 67.7 cm³/mol. The van der Waals surface area contributed by atoms with Crippen molar-refractivity contribution in [2.45, 2.75) is 25.4 Å². The molecule has 1 saturated carbocycles. The molecule has 0 bridgehead atoms. The van der Waals surface area contributed by atoms with Crippen LogP contribution < -0.4 is 0 Å². The lowest BCUT2D eigenvalue weighted by molar-refractivity contribution is -0.137. The lowest BCUT2D eigenvalue weighted by atomic mass is 9.90. The number of alkyl halides is 3. The smallest absolute Gasteiger partial charge is 0.419 e. The van der Waals surface area contributed by atoms with E-state index in [1.54, 1.807) is 0 Å². The van der Waals surface area contributed by atoms with E-state index in [9.17, 15) is 27.9 Å². The zero-order chi connectivity index (χ0) is 15.8. The Morgan fingerprint density at radius 2 is 1.76 bits per heavy atom. The van der Waals surface area contributed by atoms with Gasteiger partial charge in [0.25, 0.3) is 0 Å². The van der Waals surface area contributed by atoms with E-state index >= 15 is 0 Å². The monoisotopic (exact) mass is 319 g/mol. The van der Waals surface area contributed by atoms with E-state index in [2.05, 4.69) is 4.98 Å². The molecule has 1 N–H and O–H groups in total. The highest BCUT2D eigenvalue weighted by atomic mass is 35.5. The topological polar surface area (TPSA) is 67.3 Å². The second-order valence-corrected chi connectivity index (χ2v) is 4.81. The summed E-state index contributed by atoms with van der Waals surface area (Å²) in [5.41, 5.74) is -1.93. The molecule has 1 aliphatic rings. The molecule has 0 amide bonds. The first-order valence-electron chi connectivity index (χ1n) is 5.95. The predicted octanol–water partition coefficient (Wildman–Crippen LogP) is 3.35. The van der Waals surface area contributed by atoms with Crippen molar-refractivity contribution in [3.05, 3.63) is 34.1 Å². The summed E-state index contributed by atoms with van der Waals surface area (Å²) in [6.07, 6.45) is -4.10. The van der Waals surface area contributed by atoms with Gasteiger partial charge in [0.15, 0.2) is 17.3 Å². The number of nitrogens with zero attached hydrogens (tertiary/aromatic N) is 1. The quantitative estimate of drug-likeness (QED) is 0.373. The van der Waals surface area contributed by atoms with Gasteiger partial charge in [-0.15, -0.1) is 0 Å². The third-order valence-electron chi connectivity index (χ3n) is 3.00. The van der Waals surface area contributed by atoms with Gasteiger partial charge >= 0.3 is 6.18 Å². The molecule has 0 spiro atoms. The minimum atomic E-state index is -4.68. The lowest BCUT2D eigenvalue weighted by Gasteiger charge is -2.14. The number of allylic oxidation sites excluding steroid dienone is 1. The van der Waals surface area contributed by atoms with E-state index in [1.807, 2.05) is 0 Å². The number of carbonyl (C=O) groups excluding carboxylic acids is 2. The first-order valence-corrected chi connectivity index (χ1v) is 6.33. The van der Waals surface area contributed by atoms with E-state index in [0.717, 1.165) is 6.07 Å². The molecular formula is C13H9ClF3NO3. The maximum atomic E-state index is 12.6. The van der Waals surface area contributed by atoms with Crippen LogP contribution in [0.2, 0.25) is 5.15 Å². The highest BCUT2D eigenvalue weighted by Crippen LogP contribution is 2.34. The SMILES string of the molecule is O=C1CCCC(=O)C1=C(O)c1ccc(C(F)(F)F)c(Cl)n1. The maximum Gasteiger partial charge on any atom is 0.419 e. The molecule has 0 aromatic carbocycles. The fraction of sp³-hybridized carbons (Fsp3) is 0.308. The first kappa shape index (κ1) is 15.5. The number of hydrogen-bond acceptors (Lipinski definition) is 4. The Balaban J connectivity index is 2.49. The third-order valence-corrected chi connectivity index (χ3v) is 3.29. The van der Waals surface area contributed by atoms with Crippen LogP contribution >= 0.6 is 11.6 Å². The van der Waals surface area contributed by atoms with Gasteiger partial charge in [0.1, 0.15) is 16.4 Å².